The summed E-state index contributed by atoms with van der Waals surface area (Å²) in [5.41, 5.74) is 0.693. The van der Waals surface area contributed by atoms with E-state index in [9.17, 15) is 4.79 Å². The highest BCUT2D eigenvalue weighted by molar-refractivity contribution is 6.70. The standard InChI is InChI=1S/C22H33NO5Si/c1-22(2)25-15-19(27-22)20(26-21(24)23-16-11-7-6-8-12-16)17-13-9-10-14-18(17)28-29(3,4)5/h6-8,11-12,14,17,19-20H,9-10,13,15H2,1-5H3,(H,23,24)/t17-,19-,20-/m0/s1. The van der Waals surface area contributed by atoms with E-state index in [1.165, 1.54) is 0 Å². The van der Waals surface area contributed by atoms with Gasteiger partial charge in [0.15, 0.2) is 5.79 Å². The van der Waals surface area contributed by atoms with Crippen molar-refractivity contribution in [3.8, 4) is 0 Å². The number of para-hydroxylation sites is 1. The second-order valence-electron chi connectivity index (χ2n) is 9.09. The van der Waals surface area contributed by atoms with E-state index in [-0.39, 0.29) is 12.0 Å². The van der Waals surface area contributed by atoms with E-state index in [0.717, 1.165) is 25.0 Å². The number of benzene rings is 1. The smallest absolute Gasteiger partial charge is 0.412 e. The summed E-state index contributed by atoms with van der Waals surface area (Å²) in [5.74, 6) is 0.195. The lowest BCUT2D eigenvalue weighted by Crippen LogP contribution is -2.44. The molecule has 2 aliphatic rings. The van der Waals surface area contributed by atoms with Gasteiger partial charge in [0.25, 0.3) is 0 Å². The van der Waals surface area contributed by atoms with Crippen LogP contribution in [0, 0.1) is 5.92 Å². The zero-order valence-corrected chi connectivity index (χ0v) is 19.1. The lowest BCUT2D eigenvalue weighted by molar-refractivity contribution is -0.155. The lowest BCUT2D eigenvalue weighted by Gasteiger charge is -2.36. The minimum Gasteiger partial charge on any atom is -0.547 e. The molecule has 1 aromatic rings. The largest absolute Gasteiger partial charge is 0.547 e. The average molecular weight is 420 g/mol. The summed E-state index contributed by atoms with van der Waals surface area (Å²) in [5, 5.41) is 2.81. The molecule has 0 unspecified atom stereocenters. The number of anilines is 1. The van der Waals surface area contributed by atoms with E-state index < -0.39 is 26.3 Å². The Morgan fingerprint density at radius 1 is 1.24 bits per heavy atom. The highest BCUT2D eigenvalue weighted by atomic mass is 28.4. The molecule has 1 aromatic carbocycles. The molecule has 1 saturated heterocycles. The summed E-state index contributed by atoms with van der Waals surface area (Å²) >= 11 is 0. The van der Waals surface area contributed by atoms with Gasteiger partial charge in [0.1, 0.15) is 12.2 Å². The molecule has 6 nitrogen and oxygen atoms in total. The molecule has 1 aliphatic heterocycles. The number of carbonyl (C=O) groups is 1. The van der Waals surface area contributed by atoms with E-state index >= 15 is 0 Å². The number of rotatable bonds is 6. The van der Waals surface area contributed by atoms with E-state index in [1.54, 1.807) is 0 Å². The van der Waals surface area contributed by atoms with Crippen molar-refractivity contribution in [2.45, 2.75) is 70.7 Å². The Morgan fingerprint density at radius 3 is 2.59 bits per heavy atom. The monoisotopic (exact) mass is 419 g/mol. The molecule has 1 heterocycles. The van der Waals surface area contributed by atoms with E-state index in [2.05, 4.69) is 31.0 Å². The summed E-state index contributed by atoms with van der Waals surface area (Å²) < 4.78 is 24.2. The highest BCUT2D eigenvalue weighted by Gasteiger charge is 2.45. The molecule has 1 aliphatic carbocycles. The molecule has 3 rings (SSSR count). The molecular formula is C22H33NO5Si. The maximum absolute atomic E-state index is 12.7. The average Bonchev–Trinajstić information content (AvgIpc) is 2.99. The molecule has 0 spiro atoms. The predicted octanol–water partition coefficient (Wildman–Crippen LogP) is 5.29. The van der Waals surface area contributed by atoms with Gasteiger partial charge in [-0.1, -0.05) is 18.2 Å². The quantitative estimate of drug-likeness (QED) is 0.635. The number of amides is 1. The topological polar surface area (TPSA) is 66.0 Å². The Kier molecular flexibility index (Phi) is 6.71. The Labute approximate surface area is 174 Å². The zero-order valence-electron chi connectivity index (χ0n) is 18.1. The summed E-state index contributed by atoms with van der Waals surface area (Å²) in [6.45, 7) is 10.6. The molecule has 1 amide bonds. The van der Waals surface area contributed by atoms with Gasteiger partial charge in [0.2, 0.25) is 8.32 Å². The number of allylic oxidation sites excluding steroid dienone is 1. The molecular weight excluding hydrogens is 386 g/mol. The Hall–Kier alpha value is -1.83. The highest BCUT2D eigenvalue weighted by Crippen LogP contribution is 2.37. The van der Waals surface area contributed by atoms with Crippen LogP contribution < -0.4 is 5.32 Å². The molecule has 0 aromatic heterocycles. The van der Waals surface area contributed by atoms with Crippen molar-refractivity contribution in [2.24, 2.45) is 5.92 Å². The fraction of sp³-hybridized carbons (Fsp3) is 0.591. The molecule has 7 heteroatoms. The fourth-order valence-electron chi connectivity index (χ4n) is 3.76. The van der Waals surface area contributed by atoms with Crippen LogP contribution in [-0.4, -0.2) is 39.0 Å². The van der Waals surface area contributed by atoms with Crippen molar-refractivity contribution in [1.29, 1.82) is 0 Å². The van der Waals surface area contributed by atoms with Crippen LogP contribution in [0.15, 0.2) is 42.2 Å². The van der Waals surface area contributed by atoms with Crippen molar-refractivity contribution >= 4 is 20.1 Å². The second kappa shape index (κ2) is 8.89. The molecule has 1 fully saturated rings. The number of ether oxygens (including phenoxy) is 3. The second-order valence-corrected chi connectivity index (χ2v) is 13.5. The van der Waals surface area contributed by atoms with Crippen LogP contribution in [-0.2, 0) is 18.6 Å². The Balaban J connectivity index is 1.79. The van der Waals surface area contributed by atoms with Gasteiger partial charge < -0.3 is 18.6 Å². The van der Waals surface area contributed by atoms with Crippen molar-refractivity contribution in [3.05, 3.63) is 42.2 Å². The molecule has 0 saturated carbocycles. The summed E-state index contributed by atoms with van der Waals surface area (Å²) in [6, 6.07) is 9.29. The lowest BCUT2D eigenvalue weighted by atomic mass is 9.86. The van der Waals surface area contributed by atoms with Crippen LogP contribution in [0.1, 0.15) is 33.1 Å². The van der Waals surface area contributed by atoms with Crippen LogP contribution in [0.25, 0.3) is 0 Å². The van der Waals surface area contributed by atoms with Gasteiger partial charge in [-0.25, -0.2) is 4.79 Å². The van der Waals surface area contributed by atoms with Gasteiger partial charge in [0.05, 0.1) is 18.3 Å². The maximum atomic E-state index is 12.7. The first-order valence-corrected chi connectivity index (χ1v) is 13.8. The number of carbonyl (C=O) groups excluding carboxylic acids is 1. The molecule has 3 atom stereocenters. The predicted molar refractivity (Wildman–Crippen MR) is 115 cm³/mol. The molecule has 0 radical (unpaired) electrons. The van der Waals surface area contributed by atoms with Crippen molar-refractivity contribution < 1.29 is 23.4 Å². The minimum absolute atomic E-state index is 0.0421. The summed E-state index contributed by atoms with van der Waals surface area (Å²) in [6.07, 6.45) is 3.73. The first-order valence-electron chi connectivity index (χ1n) is 10.4. The Bertz CT molecular complexity index is 728. The van der Waals surface area contributed by atoms with Crippen LogP contribution in [0.2, 0.25) is 19.6 Å². The molecule has 29 heavy (non-hydrogen) atoms. The minimum atomic E-state index is -1.80. The van der Waals surface area contributed by atoms with E-state index in [1.807, 2.05) is 44.2 Å². The van der Waals surface area contributed by atoms with Gasteiger partial charge >= 0.3 is 6.09 Å². The van der Waals surface area contributed by atoms with E-state index in [0.29, 0.717) is 12.3 Å². The molecule has 160 valence electrons. The summed E-state index contributed by atoms with van der Waals surface area (Å²) in [4.78, 5) is 12.7. The van der Waals surface area contributed by atoms with Gasteiger partial charge in [-0.15, -0.1) is 0 Å². The first kappa shape index (κ1) is 21.9. The maximum Gasteiger partial charge on any atom is 0.412 e. The third-order valence-electron chi connectivity index (χ3n) is 4.91. The van der Waals surface area contributed by atoms with Gasteiger partial charge in [-0.2, -0.15) is 0 Å². The van der Waals surface area contributed by atoms with Crippen LogP contribution in [0.5, 0.6) is 0 Å². The van der Waals surface area contributed by atoms with E-state index in [4.69, 9.17) is 18.6 Å². The third kappa shape index (κ3) is 6.32. The van der Waals surface area contributed by atoms with Crippen molar-refractivity contribution in [2.75, 3.05) is 11.9 Å². The van der Waals surface area contributed by atoms with Crippen LogP contribution >= 0.6 is 0 Å². The normalized spacial score (nSPS) is 25.1. The fourth-order valence-corrected chi connectivity index (χ4v) is 4.70. The zero-order chi connectivity index (χ0) is 21.1. The molecule has 1 N–H and O–H groups in total. The van der Waals surface area contributed by atoms with Crippen molar-refractivity contribution in [1.82, 2.24) is 0 Å². The Morgan fingerprint density at radius 2 is 1.97 bits per heavy atom. The number of hydrogen-bond donors (Lipinski definition) is 1. The first-order chi connectivity index (χ1) is 13.6. The van der Waals surface area contributed by atoms with Gasteiger partial charge in [-0.3, -0.25) is 5.32 Å². The van der Waals surface area contributed by atoms with Crippen molar-refractivity contribution in [3.63, 3.8) is 0 Å². The number of nitrogens with one attached hydrogen (secondary N) is 1. The van der Waals surface area contributed by atoms with Gasteiger partial charge in [-0.05, 0) is 71.0 Å². The summed E-state index contributed by atoms with van der Waals surface area (Å²) in [7, 11) is -1.80. The van der Waals surface area contributed by atoms with Gasteiger partial charge in [0, 0.05) is 5.69 Å². The number of hydrogen-bond acceptors (Lipinski definition) is 5. The SMILES string of the molecule is CC1(C)OC[C@@H]([C@@H](OC(=O)Nc2ccccc2)[C@H]2CCCC=C2O[Si](C)(C)C)O1. The third-order valence-corrected chi connectivity index (χ3v) is 5.76. The van der Waals surface area contributed by atoms with Crippen LogP contribution in [0.3, 0.4) is 0 Å². The van der Waals surface area contributed by atoms with Crippen LogP contribution in [0.4, 0.5) is 10.5 Å². The molecule has 0 bridgehead atoms.